The SMILES string of the molecule is COc1cc([C@H](C(=O)NC2CCCC2)N(C(=O)c2ccco2)c2ccc3c(c2)OCCO3)cc(OC)c1OC. The zero-order chi connectivity index (χ0) is 27.4. The number of nitrogens with zero attached hydrogens (tertiary/aromatic N) is 1. The van der Waals surface area contributed by atoms with Crippen LogP contribution in [0.15, 0.2) is 53.1 Å². The maximum atomic E-state index is 14.1. The highest BCUT2D eigenvalue weighted by Gasteiger charge is 2.37. The Kier molecular flexibility index (Phi) is 7.81. The van der Waals surface area contributed by atoms with Crippen molar-refractivity contribution in [1.82, 2.24) is 5.32 Å². The van der Waals surface area contributed by atoms with Crippen LogP contribution < -0.4 is 33.9 Å². The number of furan rings is 1. The number of hydrogen-bond donors (Lipinski definition) is 1. The van der Waals surface area contributed by atoms with Crippen molar-refractivity contribution in [3.63, 3.8) is 0 Å². The van der Waals surface area contributed by atoms with Gasteiger partial charge in [-0.25, -0.2) is 0 Å². The molecule has 39 heavy (non-hydrogen) atoms. The molecule has 1 aromatic heterocycles. The van der Waals surface area contributed by atoms with E-state index < -0.39 is 11.9 Å². The minimum absolute atomic E-state index is 0.0165. The molecule has 1 fully saturated rings. The first-order chi connectivity index (χ1) is 19.0. The minimum Gasteiger partial charge on any atom is -0.493 e. The second kappa shape index (κ2) is 11.6. The minimum atomic E-state index is -1.11. The highest BCUT2D eigenvalue weighted by atomic mass is 16.6. The van der Waals surface area contributed by atoms with E-state index in [9.17, 15) is 9.59 Å². The summed E-state index contributed by atoms with van der Waals surface area (Å²) in [4.78, 5) is 29.6. The average molecular weight is 537 g/mol. The maximum absolute atomic E-state index is 14.1. The van der Waals surface area contributed by atoms with E-state index >= 15 is 0 Å². The Bertz CT molecular complexity index is 1290. The molecule has 0 saturated heterocycles. The fraction of sp³-hybridized carbons (Fsp3) is 0.379. The van der Waals surface area contributed by atoms with Gasteiger partial charge >= 0.3 is 0 Å². The molecule has 2 heterocycles. The quantitative estimate of drug-likeness (QED) is 0.425. The summed E-state index contributed by atoms with van der Waals surface area (Å²) in [6.45, 7) is 0.806. The molecule has 2 amide bonds. The van der Waals surface area contributed by atoms with Crippen molar-refractivity contribution in [3.8, 4) is 28.7 Å². The van der Waals surface area contributed by atoms with E-state index in [4.69, 9.17) is 28.1 Å². The predicted molar refractivity (Wildman–Crippen MR) is 142 cm³/mol. The lowest BCUT2D eigenvalue weighted by Gasteiger charge is -2.33. The van der Waals surface area contributed by atoms with Crippen molar-refractivity contribution in [2.45, 2.75) is 37.8 Å². The van der Waals surface area contributed by atoms with E-state index in [1.54, 1.807) is 42.5 Å². The molecule has 0 radical (unpaired) electrons. The molecule has 1 saturated carbocycles. The first kappa shape index (κ1) is 26.3. The summed E-state index contributed by atoms with van der Waals surface area (Å²) in [7, 11) is 4.51. The third-order valence-corrected chi connectivity index (χ3v) is 6.97. The number of rotatable bonds is 9. The zero-order valence-electron chi connectivity index (χ0n) is 22.2. The molecule has 2 aromatic carbocycles. The van der Waals surface area contributed by atoms with Gasteiger partial charge in [-0.15, -0.1) is 0 Å². The van der Waals surface area contributed by atoms with Crippen LogP contribution in [0.1, 0.15) is 47.8 Å². The van der Waals surface area contributed by atoms with E-state index in [0.717, 1.165) is 25.7 Å². The van der Waals surface area contributed by atoms with Crippen LogP contribution in [0, 0.1) is 0 Å². The molecule has 1 aliphatic carbocycles. The fourth-order valence-electron chi connectivity index (χ4n) is 5.11. The Labute approximate surface area is 226 Å². The molecule has 1 N–H and O–H groups in total. The third-order valence-electron chi connectivity index (χ3n) is 6.97. The Morgan fingerprint density at radius 3 is 2.23 bits per heavy atom. The van der Waals surface area contributed by atoms with Crippen LogP contribution in [0.5, 0.6) is 28.7 Å². The monoisotopic (exact) mass is 536 g/mol. The van der Waals surface area contributed by atoms with Crippen LogP contribution in [0.3, 0.4) is 0 Å². The van der Waals surface area contributed by atoms with Crippen LogP contribution in [-0.2, 0) is 4.79 Å². The number of benzene rings is 2. The van der Waals surface area contributed by atoms with Crippen LogP contribution in [0.4, 0.5) is 5.69 Å². The Morgan fingerprint density at radius 1 is 0.923 bits per heavy atom. The van der Waals surface area contributed by atoms with E-state index in [-0.39, 0.29) is 17.7 Å². The summed E-state index contributed by atoms with van der Waals surface area (Å²) in [5.41, 5.74) is 0.899. The number of hydrogen-bond acceptors (Lipinski definition) is 8. The maximum Gasteiger partial charge on any atom is 0.294 e. The summed E-state index contributed by atoms with van der Waals surface area (Å²) in [5.74, 6) is 1.38. The number of fused-ring (bicyclic) bond motifs is 1. The number of anilines is 1. The Morgan fingerprint density at radius 2 is 1.62 bits per heavy atom. The Hall–Kier alpha value is -4.34. The standard InChI is InChI=1S/C29H32N2O8/c1-34-24-15-18(16-25(35-2)27(24)36-3)26(28(32)30-19-7-4-5-8-19)31(29(33)22-9-6-12-37-22)20-10-11-21-23(17-20)39-14-13-38-21/h6,9-12,15-17,19,26H,4-5,7-8,13-14H2,1-3H3,(H,30,32)/t26-/m1/s1. The number of ether oxygens (including phenoxy) is 5. The number of methoxy groups -OCH3 is 3. The molecule has 5 rings (SSSR count). The zero-order valence-corrected chi connectivity index (χ0v) is 22.2. The number of amides is 2. The number of nitrogens with one attached hydrogen (secondary N) is 1. The lowest BCUT2D eigenvalue weighted by Crippen LogP contribution is -2.46. The number of carbonyl (C=O) groups excluding carboxylic acids is 2. The van der Waals surface area contributed by atoms with E-state index in [0.29, 0.717) is 53.2 Å². The lowest BCUT2D eigenvalue weighted by atomic mass is 10.0. The van der Waals surface area contributed by atoms with Crippen molar-refractivity contribution in [2.75, 3.05) is 39.4 Å². The highest BCUT2D eigenvalue weighted by molar-refractivity contribution is 6.09. The van der Waals surface area contributed by atoms with Crippen molar-refractivity contribution >= 4 is 17.5 Å². The van der Waals surface area contributed by atoms with Gasteiger partial charge in [0.1, 0.15) is 19.3 Å². The van der Waals surface area contributed by atoms with Crippen LogP contribution in [0.2, 0.25) is 0 Å². The molecule has 206 valence electrons. The molecule has 1 aliphatic heterocycles. The van der Waals surface area contributed by atoms with Crippen LogP contribution in [0.25, 0.3) is 0 Å². The van der Waals surface area contributed by atoms with Gasteiger partial charge in [0.15, 0.2) is 28.8 Å². The first-order valence-corrected chi connectivity index (χ1v) is 12.9. The van der Waals surface area contributed by atoms with Gasteiger partial charge in [0.25, 0.3) is 5.91 Å². The molecule has 10 nitrogen and oxygen atoms in total. The topological polar surface area (TPSA) is 109 Å². The second-order valence-electron chi connectivity index (χ2n) is 9.33. The molecule has 0 unspecified atom stereocenters. The van der Waals surface area contributed by atoms with Gasteiger partial charge in [0, 0.05) is 17.8 Å². The summed E-state index contributed by atoms with van der Waals surface area (Å²) < 4.78 is 33.6. The summed E-state index contributed by atoms with van der Waals surface area (Å²) in [6.07, 6.45) is 5.25. The van der Waals surface area contributed by atoms with Gasteiger partial charge in [0.2, 0.25) is 11.7 Å². The fourth-order valence-corrected chi connectivity index (χ4v) is 5.11. The molecular weight excluding hydrogens is 504 g/mol. The van der Waals surface area contributed by atoms with Gasteiger partial charge in [0.05, 0.1) is 27.6 Å². The van der Waals surface area contributed by atoms with Crippen molar-refractivity contribution in [2.24, 2.45) is 0 Å². The molecule has 10 heteroatoms. The molecule has 0 bridgehead atoms. The van der Waals surface area contributed by atoms with Gasteiger partial charge in [-0.3, -0.25) is 14.5 Å². The lowest BCUT2D eigenvalue weighted by molar-refractivity contribution is -0.123. The van der Waals surface area contributed by atoms with Crippen LogP contribution >= 0.6 is 0 Å². The predicted octanol–water partition coefficient (Wildman–Crippen LogP) is 4.52. The molecule has 2 aliphatic rings. The number of carbonyl (C=O) groups is 2. The smallest absolute Gasteiger partial charge is 0.294 e. The summed E-state index contributed by atoms with van der Waals surface area (Å²) >= 11 is 0. The molecule has 3 aromatic rings. The van der Waals surface area contributed by atoms with Gasteiger partial charge in [-0.2, -0.15) is 0 Å². The summed E-state index contributed by atoms with van der Waals surface area (Å²) in [5, 5.41) is 3.16. The van der Waals surface area contributed by atoms with Gasteiger partial charge in [-0.05, 0) is 54.8 Å². The van der Waals surface area contributed by atoms with Crippen molar-refractivity contribution < 1.29 is 37.7 Å². The molecular formula is C29H32N2O8. The molecule has 1 atom stereocenters. The molecule has 0 spiro atoms. The third kappa shape index (κ3) is 5.32. The van der Waals surface area contributed by atoms with E-state index in [1.807, 2.05) is 0 Å². The van der Waals surface area contributed by atoms with Crippen molar-refractivity contribution in [3.05, 3.63) is 60.1 Å². The van der Waals surface area contributed by atoms with E-state index in [2.05, 4.69) is 5.32 Å². The Balaban J connectivity index is 1.68. The van der Waals surface area contributed by atoms with Crippen LogP contribution in [-0.4, -0.2) is 52.4 Å². The van der Waals surface area contributed by atoms with Gasteiger partial charge < -0.3 is 33.4 Å². The average Bonchev–Trinajstić information content (AvgIpc) is 3.69. The van der Waals surface area contributed by atoms with Crippen molar-refractivity contribution in [1.29, 1.82) is 0 Å². The first-order valence-electron chi connectivity index (χ1n) is 12.9. The van der Waals surface area contributed by atoms with Gasteiger partial charge in [-0.1, -0.05) is 12.8 Å². The normalized spacial score (nSPS) is 15.4. The highest BCUT2D eigenvalue weighted by Crippen LogP contribution is 2.43. The van der Waals surface area contributed by atoms with E-state index in [1.165, 1.54) is 32.5 Å². The largest absolute Gasteiger partial charge is 0.493 e. The second-order valence-corrected chi connectivity index (χ2v) is 9.33. The summed E-state index contributed by atoms with van der Waals surface area (Å²) in [6, 6.07) is 10.6.